The fraction of sp³-hybridized carbons (Fsp3) is 0.385. The lowest BCUT2D eigenvalue weighted by molar-refractivity contribution is -0.142. The summed E-state index contributed by atoms with van der Waals surface area (Å²) in [6, 6.07) is 4.82. The molecular weight excluding hydrogens is 298 g/mol. The summed E-state index contributed by atoms with van der Waals surface area (Å²) in [6.45, 7) is 1.38. The van der Waals surface area contributed by atoms with Crippen molar-refractivity contribution < 1.29 is 27.9 Å². The van der Waals surface area contributed by atoms with Crippen molar-refractivity contribution in [2.45, 2.75) is 30.7 Å². The second-order valence-corrected chi connectivity index (χ2v) is 6.12. The van der Waals surface area contributed by atoms with E-state index < -0.39 is 28.0 Å². The highest BCUT2D eigenvalue weighted by atomic mass is 32.2. The van der Waals surface area contributed by atoms with Crippen molar-refractivity contribution in [2.24, 2.45) is 0 Å². The molecule has 0 aliphatic rings. The van der Waals surface area contributed by atoms with Crippen LogP contribution in [0, 0.1) is 0 Å². The van der Waals surface area contributed by atoms with Crippen molar-refractivity contribution in [1.29, 1.82) is 0 Å². The molecule has 116 valence electrons. The summed E-state index contributed by atoms with van der Waals surface area (Å²) in [6.07, 6.45) is 0.297. The van der Waals surface area contributed by atoms with Crippen LogP contribution in [-0.2, 0) is 30.8 Å². The molecule has 1 rings (SSSR count). The summed E-state index contributed by atoms with van der Waals surface area (Å²) in [7, 11) is -2.66. The van der Waals surface area contributed by atoms with E-state index in [-0.39, 0.29) is 11.3 Å². The van der Waals surface area contributed by atoms with Crippen LogP contribution in [-0.4, -0.2) is 38.6 Å². The van der Waals surface area contributed by atoms with Crippen LogP contribution >= 0.6 is 0 Å². The Morgan fingerprint density at radius 3 is 2.33 bits per heavy atom. The Bertz CT molecular complexity index is 608. The van der Waals surface area contributed by atoms with Gasteiger partial charge in [0.2, 0.25) is 10.0 Å². The second-order valence-electron chi connectivity index (χ2n) is 4.40. The zero-order valence-corrected chi connectivity index (χ0v) is 12.5. The molecule has 1 atom stereocenters. The molecule has 1 unspecified atom stereocenters. The van der Waals surface area contributed by atoms with Crippen LogP contribution in [0.5, 0.6) is 0 Å². The predicted molar refractivity (Wildman–Crippen MR) is 74.2 cm³/mol. The minimum absolute atomic E-state index is 0.00247. The van der Waals surface area contributed by atoms with E-state index in [0.29, 0.717) is 6.42 Å². The molecule has 0 aliphatic heterocycles. The van der Waals surface area contributed by atoms with Gasteiger partial charge in [0, 0.05) is 6.42 Å². The van der Waals surface area contributed by atoms with Crippen LogP contribution in [0.2, 0.25) is 0 Å². The number of carbonyl (C=O) groups is 2. The molecule has 0 saturated carbocycles. The largest absolute Gasteiger partial charge is 0.481 e. The Morgan fingerprint density at radius 2 is 1.86 bits per heavy atom. The van der Waals surface area contributed by atoms with E-state index in [1.807, 2.05) is 0 Å². The SMILES string of the molecule is COC(=O)C(C)NS(=O)(=O)c1ccc(CCC(=O)O)cc1. The highest BCUT2D eigenvalue weighted by Gasteiger charge is 2.22. The van der Waals surface area contributed by atoms with Crippen LogP contribution in [0.25, 0.3) is 0 Å². The Labute approximate surface area is 123 Å². The molecule has 0 saturated heterocycles. The molecule has 0 spiro atoms. The van der Waals surface area contributed by atoms with Gasteiger partial charge in [0.25, 0.3) is 0 Å². The number of aryl methyl sites for hydroxylation is 1. The van der Waals surface area contributed by atoms with Gasteiger partial charge in [-0.1, -0.05) is 12.1 Å². The third kappa shape index (κ3) is 5.16. The fourth-order valence-corrected chi connectivity index (χ4v) is 2.80. The number of aliphatic carboxylic acids is 1. The Hall–Kier alpha value is -1.93. The monoisotopic (exact) mass is 315 g/mol. The number of carbonyl (C=O) groups excluding carboxylic acids is 1. The first-order valence-electron chi connectivity index (χ1n) is 6.17. The Balaban J connectivity index is 2.80. The highest BCUT2D eigenvalue weighted by Crippen LogP contribution is 2.12. The van der Waals surface area contributed by atoms with E-state index in [2.05, 4.69) is 9.46 Å². The van der Waals surface area contributed by atoms with E-state index in [9.17, 15) is 18.0 Å². The minimum Gasteiger partial charge on any atom is -0.481 e. The Morgan fingerprint density at radius 1 is 1.29 bits per heavy atom. The zero-order valence-electron chi connectivity index (χ0n) is 11.7. The number of hydrogen-bond acceptors (Lipinski definition) is 5. The Kier molecular flexibility index (Phi) is 5.86. The molecule has 0 heterocycles. The van der Waals surface area contributed by atoms with Gasteiger partial charge in [0.15, 0.2) is 0 Å². The van der Waals surface area contributed by atoms with Crippen LogP contribution in [0.3, 0.4) is 0 Å². The van der Waals surface area contributed by atoms with Gasteiger partial charge in [-0.05, 0) is 31.0 Å². The molecule has 0 aliphatic carbocycles. The summed E-state index contributed by atoms with van der Waals surface area (Å²) < 4.78 is 30.7. The first-order valence-corrected chi connectivity index (χ1v) is 7.65. The van der Waals surface area contributed by atoms with E-state index in [1.165, 1.54) is 26.2 Å². The van der Waals surface area contributed by atoms with Crippen LogP contribution in [0.15, 0.2) is 29.2 Å². The molecule has 1 aromatic carbocycles. The summed E-state index contributed by atoms with van der Waals surface area (Å²) >= 11 is 0. The molecule has 0 radical (unpaired) electrons. The van der Waals surface area contributed by atoms with Crippen molar-refractivity contribution in [3.8, 4) is 0 Å². The second kappa shape index (κ2) is 7.19. The van der Waals surface area contributed by atoms with Gasteiger partial charge in [-0.3, -0.25) is 9.59 Å². The molecule has 1 aromatic rings. The lowest BCUT2D eigenvalue weighted by Gasteiger charge is -2.12. The lowest BCUT2D eigenvalue weighted by atomic mass is 10.1. The number of hydrogen-bond donors (Lipinski definition) is 2. The van der Waals surface area contributed by atoms with Crippen molar-refractivity contribution in [3.05, 3.63) is 29.8 Å². The van der Waals surface area contributed by atoms with Crippen molar-refractivity contribution in [2.75, 3.05) is 7.11 Å². The standard InChI is InChI=1S/C13H17NO6S/c1-9(13(17)20-2)14-21(18,19)11-6-3-10(4-7-11)5-8-12(15)16/h3-4,6-7,9,14H,5,8H2,1-2H3,(H,15,16). The lowest BCUT2D eigenvalue weighted by Crippen LogP contribution is -2.39. The molecule has 21 heavy (non-hydrogen) atoms. The third-order valence-electron chi connectivity index (χ3n) is 2.75. The first kappa shape index (κ1) is 17.1. The van der Waals surface area contributed by atoms with Gasteiger partial charge >= 0.3 is 11.9 Å². The molecular formula is C13H17NO6S. The number of benzene rings is 1. The smallest absolute Gasteiger partial charge is 0.323 e. The van der Waals surface area contributed by atoms with E-state index in [0.717, 1.165) is 5.56 Å². The van der Waals surface area contributed by atoms with E-state index >= 15 is 0 Å². The number of methoxy groups -OCH3 is 1. The number of carboxylic acid groups (broad SMARTS) is 1. The zero-order chi connectivity index (χ0) is 16.0. The molecule has 0 amide bonds. The number of ether oxygens (including phenoxy) is 1. The minimum atomic E-state index is -3.83. The molecule has 0 aromatic heterocycles. The molecule has 2 N–H and O–H groups in total. The predicted octanol–water partition coefficient (Wildman–Crippen LogP) is 0.544. The summed E-state index contributed by atoms with van der Waals surface area (Å²) in [4.78, 5) is 21.7. The van der Waals surface area contributed by atoms with Crippen molar-refractivity contribution in [3.63, 3.8) is 0 Å². The van der Waals surface area contributed by atoms with Gasteiger partial charge in [-0.15, -0.1) is 0 Å². The average Bonchev–Trinajstić information content (AvgIpc) is 2.44. The van der Waals surface area contributed by atoms with Crippen molar-refractivity contribution in [1.82, 2.24) is 4.72 Å². The van der Waals surface area contributed by atoms with Gasteiger partial charge in [-0.25, -0.2) is 8.42 Å². The summed E-state index contributed by atoms with van der Waals surface area (Å²) in [5, 5.41) is 8.58. The number of rotatable bonds is 7. The molecule has 0 bridgehead atoms. The molecule has 7 nitrogen and oxygen atoms in total. The first-order chi connectivity index (χ1) is 9.76. The number of nitrogens with one attached hydrogen (secondary N) is 1. The van der Waals surface area contributed by atoms with Gasteiger partial charge in [-0.2, -0.15) is 4.72 Å². The number of esters is 1. The maximum absolute atomic E-state index is 12.0. The van der Waals surface area contributed by atoms with Crippen molar-refractivity contribution >= 4 is 22.0 Å². The number of carboxylic acids is 1. The van der Waals surface area contributed by atoms with E-state index in [4.69, 9.17) is 5.11 Å². The van der Waals surface area contributed by atoms with Gasteiger partial charge in [0.1, 0.15) is 6.04 Å². The van der Waals surface area contributed by atoms with Crippen LogP contribution in [0.1, 0.15) is 18.9 Å². The normalized spacial score (nSPS) is 12.7. The van der Waals surface area contributed by atoms with Gasteiger partial charge < -0.3 is 9.84 Å². The molecule has 8 heteroatoms. The quantitative estimate of drug-likeness (QED) is 0.711. The third-order valence-corrected chi connectivity index (χ3v) is 4.30. The van der Waals surface area contributed by atoms with E-state index in [1.54, 1.807) is 12.1 Å². The van der Waals surface area contributed by atoms with Crippen LogP contribution < -0.4 is 4.72 Å². The topological polar surface area (TPSA) is 110 Å². The number of sulfonamides is 1. The molecule has 0 fully saturated rings. The van der Waals surface area contributed by atoms with Gasteiger partial charge in [0.05, 0.1) is 12.0 Å². The summed E-state index contributed by atoms with van der Waals surface area (Å²) in [5.74, 6) is -1.60. The summed E-state index contributed by atoms with van der Waals surface area (Å²) in [5.41, 5.74) is 0.720. The maximum Gasteiger partial charge on any atom is 0.323 e. The maximum atomic E-state index is 12.0. The highest BCUT2D eigenvalue weighted by molar-refractivity contribution is 7.89. The van der Waals surface area contributed by atoms with Crippen LogP contribution in [0.4, 0.5) is 0 Å². The fourth-order valence-electron chi connectivity index (χ4n) is 1.61. The average molecular weight is 315 g/mol.